The SMILES string of the molecule is Cc1nc(Cl)c2ncn(C3OC(COP(=O)([O-])OP(=O)([O-])OP(=O)([O-])[O-])C(O)C3O)c2n1.Cc1nc2c(c(=O)[nH]1)CC(=O)N2C1OC(COP(=O)([O-])OP(=O)([O-])OP(=O)([O-])[O-])C(O)C1O.Cn1c(N)nc2c(ncn2C2OC(COP(=O)([O-])OP(=O)([O-])OP(=O)([O-])[O-])C(O)C2O)c1=O.O=C1CC=Nc2c1ncn2C1OC(COP(=O)([O-])OP(=O)([O-])OP(=O)([O-])[O-])C(O)C1O. The molecule has 0 bridgehead atoms. The van der Waals surface area contributed by atoms with E-state index in [1.54, 1.807) is 0 Å². The highest BCUT2D eigenvalue weighted by Crippen LogP contribution is 2.64. The van der Waals surface area contributed by atoms with Crippen LogP contribution in [0.25, 0.3) is 22.3 Å². The molecule has 24 unspecified atom stereocenters. The third kappa shape index (κ3) is 28.4. The molecule has 12 rings (SSSR count). The molecule has 129 heavy (non-hydrogen) atoms. The average molecular weight is 2110 g/mol. The number of ketones is 1. The minimum atomic E-state index is -6.19. The summed E-state index contributed by atoms with van der Waals surface area (Å²) >= 11 is 5.97. The van der Waals surface area contributed by atoms with E-state index in [2.05, 4.69) is 97.4 Å². The number of anilines is 2. The maximum atomic E-state index is 12.4. The molecule has 6 aliphatic heterocycles. The van der Waals surface area contributed by atoms with Crippen LogP contribution in [0.5, 0.6) is 0 Å². The molecule has 71 nitrogen and oxygen atoms in total. The van der Waals surface area contributed by atoms with Crippen LogP contribution >= 0.6 is 105 Å². The number of ether oxygens (including phenoxy) is 4. The first-order chi connectivity index (χ1) is 58.8. The van der Waals surface area contributed by atoms with Gasteiger partial charge in [-0.05, 0) is 13.8 Å². The van der Waals surface area contributed by atoms with Gasteiger partial charge in [0.05, 0.1) is 88.7 Å². The van der Waals surface area contributed by atoms with Crippen LogP contribution in [0.3, 0.4) is 0 Å². The van der Waals surface area contributed by atoms with E-state index in [1.807, 2.05) is 0 Å². The number of hydrogen-bond donors (Lipinski definition) is 10. The second kappa shape index (κ2) is 40.4. The zero-order chi connectivity index (χ0) is 97.1. The Hall–Kier alpha value is -4.95. The molecule has 1 amide bonds. The van der Waals surface area contributed by atoms with Crippen molar-refractivity contribution in [1.82, 2.24) is 58.1 Å². The Labute approximate surface area is 715 Å². The number of aryl methyl sites for hydroxylation is 2. The van der Waals surface area contributed by atoms with E-state index >= 15 is 0 Å². The van der Waals surface area contributed by atoms with Crippen LogP contribution in [0.2, 0.25) is 5.15 Å². The molecule has 11 N–H and O–H groups in total. The Balaban J connectivity index is 0.000000194. The van der Waals surface area contributed by atoms with Crippen LogP contribution in [0.1, 0.15) is 52.8 Å². The van der Waals surface area contributed by atoms with Crippen molar-refractivity contribution in [2.75, 3.05) is 37.1 Å². The number of halogens is 1. The molecule has 6 aliphatic rings. The highest BCUT2D eigenvalue weighted by Gasteiger charge is 2.52. The van der Waals surface area contributed by atoms with E-state index in [-0.39, 0.29) is 80.2 Å². The standard InChI is InChI=1S/C12H18N3O15P3.C11H16ClN4O13P3.C11H18N5O14P3.C11H16N3O14P3/c1-4-13-10-5(11(19)14-4)2-7(16)15(10)12-9(18)8(17)6(28-12)3-27-32(23,24)30-33(25,26)29-31(20,21)22;1-4-14-9(12)6-10(15-4)16(3-13-6)11-8(18)7(17)5(27-11)2-26-31(22,23)29-32(24,25)28-30(19,20)21;1-15-9(19)5-8(14-11(15)12)16(3-13-5)10-7(18)6(17)4(28-10)2-27-32(23,24)30-33(25,26)29-31(20,21)22;15-5-1-2-12-10-7(5)13-4-14(10)11-9(17)8(16)6(26-11)3-25-30(21,22)28-31(23,24)27-29(18,19)20/h6,8-9,12,17-18H,2-3H2,1H3,(H,23,24)(H,25,26)(H,13,14,19)(H2,20,21,22);3,5,7-8,11,17-18H,2H2,1H3,(H,22,23)(H,24,25)(H2,19,20,21);3-4,6-7,10,17-18H,2H2,1H3,(H2,12,14)(H,23,24)(H,25,26)(H2,20,21,22);2,4,6,8-9,11,16-17H,1,3H2,(H,21,22)(H,23,24)(H2,18,19,20)/p-16. The Kier molecular flexibility index (Phi) is 33.7. The Morgan fingerprint density at radius 1 is 0.457 bits per heavy atom. The molecule has 6 aromatic heterocycles. The molecule has 0 spiro atoms. The lowest BCUT2D eigenvalue weighted by Crippen LogP contribution is -2.46. The first-order valence-corrected chi connectivity index (χ1v) is 51.2. The van der Waals surface area contributed by atoms with E-state index in [4.69, 9.17) is 36.3 Å². The van der Waals surface area contributed by atoms with Crippen molar-refractivity contribution in [3.8, 4) is 0 Å². The predicted molar refractivity (Wildman–Crippen MR) is 365 cm³/mol. The molecule has 0 aliphatic carbocycles. The number of phosphoric acid groups is 12. The molecule has 0 aromatic carbocycles. The number of aromatic nitrogens is 12. The topological polar surface area (TPSA) is 1120 Å². The fourth-order valence-electron chi connectivity index (χ4n) is 11.3. The summed E-state index contributed by atoms with van der Waals surface area (Å²) in [6, 6.07) is 0. The monoisotopic (exact) mass is 2100 g/mol. The fraction of sp³-hybridized carbons (Fsp3) is 0.556. The van der Waals surface area contributed by atoms with Gasteiger partial charge in [0.1, 0.15) is 96.2 Å². The van der Waals surface area contributed by atoms with E-state index in [0.717, 1.165) is 31.3 Å². The third-order valence-electron chi connectivity index (χ3n) is 16.4. The lowest BCUT2D eigenvalue weighted by molar-refractivity contribution is -0.342. The third-order valence-corrected chi connectivity index (χ3v) is 31.3. The number of carbonyl (C=O) groups excluding carboxylic acids is 2. The summed E-state index contributed by atoms with van der Waals surface area (Å²) in [5.41, 5.74) is 4.34. The summed E-state index contributed by atoms with van der Waals surface area (Å²) in [7, 11) is -71.3. The number of aliphatic imine (C=N–C) groups is 1. The Morgan fingerprint density at radius 3 is 1.18 bits per heavy atom. The number of nitrogens with two attached hydrogens (primary N) is 1. The molecular weight excluding hydrogens is 2050 g/mol. The van der Waals surface area contributed by atoms with Crippen LogP contribution in [-0.2, 0) is 145 Å². The van der Waals surface area contributed by atoms with E-state index < -0.39 is 242 Å². The summed E-state index contributed by atoms with van der Waals surface area (Å²) in [5, 5.41) is 81.6. The maximum Gasteiger partial charge on any atom is 0.282 e. The molecule has 6 aromatic rings. The van der Waals surface area contributed by atoms with Gasteiger partial charge in [-0.15, -0.1) is 0 Å². The molecule has 4 fully saturated rings. The zero-order valence-corrected chi connectivity index (χ0v) is 74.1. The highest BCUT2D eigenvalue weighted by molar-refractivity contribution is 7.66. The number of hydrogen-bond acceptors (Lipinski definition) is 65. The van der Waals surface area contributed by atoms with Gasteiger partial charge in [-0.2, -0.15) is 4.98 Å². The maximum absolute atomic E-state index is 12.4. The quantitative estimate of drug-likeness (QED) is 0.0138. The van der Waals surface area contributed by atoms with Gasteiger partial charge in [-0.25, -0.2) is 52.1 Å². The summed E-state index contributed by atoms with van der Waals surface area (Å²) in [5.74, 6) is -1.04. The van der Waals surface area contributed by atoms with Crippen LogP contribution < -0.4 is 100 Å². The Morgan fingerprint density at radius 2 is 0.798 bits per heavy atom. The molecule has 24 atom stereocenters. The number of nitrogens with zero attached hydrogens (tertiary/aromatic N) is 13. The number of carbonyl (C=O) groups is 2. The number of aliphatic hydroxyl groups is 8. The second-order valence-electron chi connectivity index (χ2n) is 25.6. The van der Waals surface area contributed by atoms with Crippen molar-refractivity contribution in [2.45, 2.75) is 125 Å². The van der Waals surface area contributed by atoms with Gasteiger partial charge in [-0.3, -0.25) is 96.1 Å². The number of aliphatic hydroxyl groups excluding tert-OH is 8. The molecule has 726 valence electrons. The lowest BCUT2D eigenvalue weighted by Gasteiger charge is -2.37. The van der Waals surface area contributed by atoms with Crippen LogP contribution in [0, 0.1) is 13.8 Å². The molecule has 4 saturated heterocycles. The van der Waals surface area contributed by atoms with E-state index in [1.165, 1.54) is 38.0 Å². The summed E-state index contributed by atoms with van der Waals surface area (Å²) in [4.78, 5) is 257. The highest BCUT2D eigenvalue weighted by atomic mass is 35.5. The number of rotatable bonds is 32. The number of imidazole rings is 3. The van der Waals surface area contributed by atoms with Gasteiger partial charge in [0.2, 0.25) is 11.9 Å². The minimum absolute atomic E-state index is 0.00794. The number of H-pyrrole nitrogens is 1. The van der Waals surface area contributed by atoms with Gasteiger partial charge in [0.15, 0.2) is 64.2 Å². The summed E-state index contributed by atoms with van der Waals surface area (Å²) in [6.45, 7) is -1.54. The summed E-state index contributed by atoms with van der Waals surface area (Å²) < 4.78 is 201. The van der Waals surface area contributed by atoms with Gasteiger partial charge in [0, 0.05) is 19.7 Å². The fourth-order valence-corrected chi connectivity index (χ4v) is 23.0. The van der Waals surface area contributed by atoms with Crippen molar-refractivity contribution >= 4 is 163 Å². The number of nitrogens with one attached hydrogen (secondary N) is 1. The number of nitrogen functional groups attached to an aromatic ring is 1. The van der Waals surface area contributed by atoms with E-state index in [9.17, 15) is 193 Å². The summed E-state index contributed by atoms with van der Waals surface area (Å²) in [6.07, 6.45) is -22.1. The van der Waals surface area contributed by atoms with Gasteiger partial charge < -0.3 is 185 Å². The molecule has 0 saturated carbocycles. The van der Waals surface area contributed by atoms with Crippen LogP contribution in [-0.4, -0.2) is 223 Å². The average Bonchev–Trinajstić information content (AvgIpc) is 1.66. The molecule has 12 heterocycles. The normalized spacial score (nSPS) is 28.6. The van der Waals surface area contributed by atoms with Gasteiger partial charge in [-0.1, -0.05) is 11.6 Å². The molecule has 0 radical (unpaired) electrons. The number of amides is 1. The van der Waals surface area contributed by atoms with Crippen molar-refractivity contribution in [2.24, 2.45) is 12.0 Å². The Bertz CT molecular complexity index is 6010. The van der Waals surface area contributed by atoms with E-state index in [0.29, 0.717) is 0 Å². The minimum Gasteiger partial charge on any atom is -0.790 e. The first kappa shape index (κ1) is 108. The van der Waals surface area contributed by atoms with Crippen LogP contribution in [0.15, 0.2) is 33.6 Å². The molecular formula is C45H52ClN15O56P12-16. The van der Waals surface area contributed by atoms with Crippen LogP contribution in [0.4, 0.5) is 17.6 Å². The predicted octanol–water partition coefficient (Wildman–Crippen LogP) is -15.8. The number of Topliss-reactive ketones (excluding diaryl/α,β-unsaturated/α-hetero) is 1. The smallest absolute Gasteiger partial charge is 0.282 e. The van der Waals surface area contributed by atoms with Gasteiger partial charge >= 0.3 is 0 Å². The van der Waals surface area contributed by atoms with Crippen molar-refractivity contribution in [1.29, 1.82) is 0 Å². The largest absolute Gasteiger partial charge is 0.790 e. The lowest BCUT2D eigenvalue weighted by atomic mass is 10.1. The van der Waals surface area contributed by atoms with Crippen molar-refractivity contribution < 1.29 is 255 Å². The number of phosphoric ester groups is 4. The second-order valence-corrected chi connectivity index (χ2v) is 42.9. The molecule has 84 heteroatoms. The number of aromatic amines is 1. The van der Waals surface area contributed by atoms with Gasteiger partial charge in [0.25, 0.3) is 73.7 Å². The first-order valence-electron chi connectivity index (χ1n) is 33.3. The number of fused-ring (bicyclic) bond motifs is 4. The van der Waals surface area contributed by atoms with Crippen molar-refractivity contribution in [3.05, 3.63) is 67.7 Å². The van der Waals surface area contributed by atoms with Crippen molar-refractivity contribution in [3.63, 3.8) is 0 Å². The zero-order valence-electron chi connectivity index (χ0n) is 62.6.